The van der Waals surface area contributed by atoms with Gasteiger partial charge in [0.2, 0.25) is 0 Å². The number of ether oxygens (including phenoxy) is 1. The van der Waals surface area contributed by atoms with Crippen LogP contribution in [0.2, 0.25) is 0 Å². The maximum atomic E-state index is 5.72. The standard InChI is InChI=1S/C18H22N6O.HI/c1-14-6-5-7-15(12-14)25-11-9-20-18(19-2)21-13-17-23-22-16-8-3-4-10-24(16)17;/h3-8,10,12H,9,11,13H2,1-2H3,(H2,19,20,21);1H. The summed E-state index contributed by atoms with van der Waals surface area (Å²) >= 11 is 0. The summed E-state index contributed by atoms with van der Waals surface area (Å²) in [6, 6.07) is 13.8. The van der Waals surface area contributed by atoms with Gasteiger partial charge in [-0.1, -0.05) is 18.2 Å². The lowest BCUT2D eigenvalue weighted by Gasteiger charge is -2.12. The van der Waals surface area contributed by atoms with Crippen LogP contribution < -0.4 is 15.4 Å². The Morgan fingerprint density at radius 3 is 2.85 bits per heavy atom. The molecule has 0 saturated carbocycles. The van der Waals surface area contributed by atoms with E-state index in [1.165, 1.54) is 5.56 Å². The molecule has 0 unspecified atom stereocenters. The van der Waals surface area contributed by atoms with Crippen LogP contribution in [-0.4, -0.2) is 40.8 Å². The summed E-state index contributed by atoms with van der Waals surface area (Å²) < 4.78 is 7.66. The van der Waals surface area contributed by atoms with Crippen molar-refractivity contribution in [3.63, 3.8) is 0 Å². The molecule has 7 nitrogen and oxygen atoms in total. The van der Waals surface area contributed by atoms with Gasteiger partial charge in [0.1, 0.15) is 12.4 Å². The van der Waals surface area contributed by atoms with Crippen LogP contribution >= 0.6 is 24.0 Å². The molecule has 2 N–H and O–H groups in total. The van der Waals surface area contributed by atoms with Gasteiger partial charge in [-0.25, -0.2) is 0 Å². The summed E-state index contributed by atoms with van der Waals surface area (Å²) in [7, 11) is 1.73. The van der Waals surface area contributed by atoms with Gasteiger partial charge in [0.25, 0.3) is 0 Å². The second-order valence-electron chi connectivity index (χ2n) is 5.56. The molecule has 0 spiro atoms. The fourth-order valence-electron chi connectivity index (χ4n) is 2.44. The Kier molecular flexibility index (Phi) is 7.64. The van der Waals surface area contributed by atoms with Gasteiger partial charge in [0, 0.05) is 13.2 Å². The quantitative estimate of drug-likeness (QED) is 0.253. The van der Waals surface area contributed by atoms with Gasteiger partial charge in [0.15, 0.2) is 17.4 Å². The molecule has 0 atom stereocenters. The van der Waals surface area contributed by atoms with Gasteiger partial charge in [-0.05, 0) is 36.8 Å². The molecule has 0 aliphatic heterocycles. The molecular weight excluding hydrogens is 443 g/mol. The number of hydrogen-bond acceptors (Lipinski definition) is 4. The van der Waals surface area contributed by atoms with Gasteiger partial charge < -0.3 is 15.4 Å². The zero-order chi connectivity index (χ0) is 17.5. The molecule has 0 bridgehead atoms. The third-order valence-electron chi connectivity index (χ3n) is 3.67. The van der Waals surface area contributed by atoms with Crippen LogP contribution in [0.1, 0.15) is 11.4 Å². The number of fused-ring (bicyclic) bond motifs is 1. The van der Waals surface area contributed by atoms with E-state index in [0.29, 0.717) is 25.7 Å². The molecule has 0 fully saturated rings. The fraction of sp³-hybridized carbons (Fsp3) is 0.278. The number of rotatable bonds is 6. The summed E-state index contributed by atoms with van der Waals surface area (Å²) in [6.45, 7) is 3.78. The number of guanidine groups is 1. The highest BCUT2D eigenvalue weighted by molar-refractivity contribution is 14.0. The molecular formula is C18H23IN6O. The minimum atomic E-state index is 0. The molecule has 2 aromatic heterocycles. The lowest BCUT2D eigenvalue weighted by Crippen LogP contribution is -2.39. The molecule has 0 radical (unpaired) electrons. The highest BCUT2D eigenvalue weighted by Gasteiger charge is 2.05. The smallest absolute Gasteiger partial charge is 0.191 e. The Hall–Kier alpha value is -2.36. The second kappa shape index (κ2) is 9.95. The molecule has 138 valence electrons. The summed E-state index contributed by atoms with van der Waals surface area (Å²) in [5, 5.41) is 14.8. The van der Waals surface area contributed by atoms with E-state index in [-0.39, 0.29) is 24.0 Å². The topological polar surface area (TPSA) is 75.8 Å². The Morgan fingerprint density at radius 1 is 1.15 bits per heavy atom. The Bertz CT molecular complexity index is 864. The molecule has 0 amide bonds. The maximum absolute atomic E-state index is 5.72. The summed E-state index contributed by atoms with van der Waals surface area (Å²) in [4.78, 5) is 4.21. The zero-order valence-corrected chi connectivity index (χ0v) is 17.2. The number of hydrogen-bond donors (Lipinski definition) is 2. The highest BCUT2D eigenvalue weighted by Crippen LogP contribution is 2.11. The van der Waals surface area contributed by atoms with Gasteiger partial charge in [-0.2, -0.15) is 0 Å². The summed E-state index contributed by atoms with van der Waals surface area (Å²) in [5.41, 5.74) is 2.01. The van der Waals surface area contributed by atoms with E-state index in [1.54, 1.807) is 7.05 Å². The maximum Gasteiger partial charge on any atom is 0.191 e. The first-order valence-electron chi connectivity index (χ1n) is 8.19. The highest BCUT2D eigenvalue weighted by atomic mass is 127. The van der Waals surface area contributed by atoms with Crippen LogP contribution in [0.3, 0.4) is 0 Å². The third-order valence-corrected chi connectivity index (χ3v) is 3.67. The average Bonchev–Trinajstić information content (AvgIpc) is 3.04. The number of nitrogens with zero attached hydrogens (tertiary/aromatic N) is 4. The van der Waals surface area contributed by atoms with Gasteiger partial charge in [-0.3, -0.25) is 9.39 Å². The Labute approximate surface area is 169 Å². The van der Waals surface area contributed by atoms with Crippen molar-refractivity contribution >= 4 is 35.6 Å². The van der Waals surface area contributed by atoms with Gasteiger partial charge in [-0.15, -0.1) is 34.2 Å². The zero-order valence-electron chi connectivity index (χ0n) is 14.8. The number of aliphatic imine (C=N–C) groups is 1. The van der Waals surface area contributed by atoms with Crippen molar-refractivity contribution < 1.29 is 4.74 Å². The first kappa shape index (κ1) is 20.0. The van der Waals surface area contributed by atoms with Crippen LogP contribution in [0.15, 0.2) is 53.7 Å². The minimum absolute atomic E-state index is 0. The van der Waals surface area contributed by atoms with E-state index in [4.69, 9.17) is 4.74 Å². The summed E-state index contributed by atoms with van der Waals surface area (Å²) in [6.07, 6.45) is 1.94. The Morgan fingerprint density at radius 2 is 2.04 bits per heavy atom. The molecule has 1 aromatic carbocycles. The largest absolute Gasteiger partial charge is 0.492 e. The number of aryl methyl sites for hydroxylation is 1. The number of nitrogens with one attached hydrogen (secondary N) is 2. The average molecular weight is 466 g/mol. The fourth-order valence-corrected chi connectivity index (χ4v) is 2.44. The van der Waals surface area contributed by atoms with E-state index in [1.807, 2.05) is 60.0 Å². The monoisotopic (exact) mass is 466 g/mol. The number of aromatic nitrogens is 3. The van der Waals surface area contributed by atoms with Crippen LogP contribution in [0.25, 0.3) is 5.65 Å². The first-order valence-corrected chi connectivity index (χ1v) is 8.19. The van der Waals surface area contributed by atoms with E-state index in [9.17, 15) is 0 Å². The molecule has 0 saturated heterocycles. The van der Waals surface area contributed by atoms with Crippen LogP contribution in [0, 0.1) is 6.92 Å². The van der Waals surface area contributed by atoms with E-state index in [2.05, 4.69) is 25.8 Å². The van der Waals surface area contributed by atoms with Crippen molar-refractivity contribution in [2.75, 3.05) is 20.2 Å². The van der Waals surface area contributed by atoms with Crippen molar-refractivity contribution in [3.05, 3.63) is 60.0 Å². The van der Waals surface area contributed by atoms with Crippen molar-refractivity contribution in [1.82, 2.24) is 25.2 Å². The molecule has 0 aliphatic rings. The summed E-state index contributed by atoms with van der Waals surface area (Å²) in [5.74, 6) is 2.40. The number of pyridine rings is 1. The lowest BCUT2D eigenvalue weighted by atomic mass is 10.2. The first-order chi connectivity index (χ1) is 12.3. The van der Waals surface area contributed by atoms with Crippen molar-refractivity contribution in [2.24, 2.45) is 4.99 Å². The van der Waals surface area contributed by atoms with E-state index >= 15 is 0 Å². The number of benzene rings is 1. The Balaban J connectivity index is 0.00000243. The van der Waals surface area contributed by atoms with Crippen molar-refractivity contribution in [2.45, 2.75) is 13.5 Å². The number of halogens is 1. The molecule has 26 heavy (non-hydrogen) atoms. The SMILES string of the molecule is CN=C(NCCOc1cccc(C)c1)NCc1nnc2ccccn12.I. The molecule has 2 heterocycles. The van der Waals surface area contributed by atoms with Gasteiger partial charge in [0.05, 0.1) is 13.1 Å². The second-order valence-corrected chi connectivity index (χ2v) is 5.56. The predicted octanol–water partition coefficient (Wildman–Crippen LogP) is 2.40. The van der Waals surface area contributed by atoms with Crippen LogP contribution in [0.5, 0.6) is 5.75 Å². The van der Waals surface area contributed by atoms with Crippen LogP contribution in [0.4, 0.5) is 0 Å². The lowest BCUT2D eigenvalue weighted by molar-refractivity contribution is 0.321. The molecule has 3 rings (SSSR count). The van der Waals surface area contributed by atoms with E-state index in [0.717, 1.165) is 17.2 Å². The van der Waals surface area contributed by atoms with Crippen molar-refractivity contribution in [1.29, 1.82) is 0 Å². The van der Waals surface area contributed by atoms with Gasteiger partial charge >= 0.3 is 0 Å². The molecule has 3 aromatic rings. The molecule has 0 aliphatic carbocycles. The third kappa shape index (κ3) is 5.32. The minimum Gasteiger partial charge on any atom is -0.492 e. The normalized spacial score (nSPS) is 11.1. The molecule has 8 heteroatoms. The van der Waals surface area contributed by atoms with E-state index < -0.39 is 0 Å². The van der Waals surface area contributed by atoms with Crippen LogP contribution in [-0.2, 0) is 6.54 Å². The predicted molar refractivity (Wildman–Crippen MR) is 113 cm³/mol. The van der Waals surface area contributed by atoms with Crippen molar-refractivity contribution in [3.8, 4) is 5.75 Å².